The Bertz CT molecular complexity index is 484. The van der Waals surface area contributed by atoms with E-state index in [0.29, 0.717) is 12.3 Å². The third-order valence-corrected chi connectivity index (χ3v) is 3.05. The van der Waals surface area contributed by atoms with Crippen LogP contribution >= 0.6 is 0 Å². The third-order valence-electron chi connectivity index (χ3n) is 3.05. The molecule has 0 saturated carbocycles. The van der Waals surface area contributed by atoms with Gasteiger partial charge in [0.25, 0.3) is 0 Å². The summed E-state index contributed by atoms with van der Waals surface area (Å²) >= 11 is 0. The summed E-state index contributed by atoms with van der Waals surface area (Å²) in [6.45, 7) is 5.43. The Morgan fingerprint density at radius 2 is 2.05 bits per heavy atom. The Kier molecular flexibility index (Phi) is 6.23. The van der Waals surface area contributed by atoms with Crippen LogP contribution in [0.25, 0.3) is 0 Å². The van der Waals surface area contributed by atoms with E-state index in [0.717, 1.165) is 6.54 Å². The molecule has 1 heterocycles. The van der Waals surface area contributed by atoms with E-state index in [1.54, 1.807) is 11.0 Å². The minimum Gasteiger partial charge on any atom is -0.475 e. The predicted molar refractivity (Wildman–Crippen MR) is 78.3 cm³/mol. The maximum absolute atomic E-state index is 12.1. The van der Waals surface area contributed by atoms with Crippen LogP contribution in [0.4, 0.5) is 4.79 Å². The lowest BCUT2D eigenvalue weighted by Crippen LogP contribution is -2.48. The van der Waals surface area contributed by atoms with Crippen molar-refractivity contribution in [1.82, 2.24) is 15.1 Å². The molecule has 0 aliphatic rings. The average molecular weight is 297 g/mol. The SMILES string of the molecule is CCN(C(=O)NCc1ccc(C(=O)O)o1)C(C)CN(C)C. The number of rotatable bonds is 7. The fraction of sp³-hybridized carbons (Fsp3) is 0.571. The van der Waals surface area contributed by atoms with Crippen LogP contribution < -0.4 is 5.32 Å². The number of furan rings is 1. The number of carbonyl (C=O) groups excluding carboxylic acids is 1. The minimum absolute atomic E-state index is 0.0798. The highest BCUT2D eigenvalue weighted by Crippen LogP contribution is 2.08. The molecule has 118 valence electrons. The zero-order valence-corrected chi connectivity index (χ0v) is 12.9. The van der Waals surface area contributed by atoms with Gasteiger partial charge in [0.15, 0.2) is 0 Å². The number of hydrogen-bond donors (Lipinski definition) is 2. The minimum atomic E-state index is -1.12. The van der Waals surface area contributed by atoms with Gasteiger partial charge in [-0.15, -0.1) is 0 Å². The number of amides is 2. The van der Waals surface area contributed by atoms with Gasteiger partial charge in [-0.05, 0) is 40.1 Å². The van der Waals surface area contributed by atoms with E-state index in [9.17, 15) is 9.59 Å². The summed E-state index contributed by atoms with van der Waals surface area (Å²) in [5.41, 5.74) is 0. The standard InChI is InChI=1S/C14H23N3O4/c1-5-17(10(2)9-16(3)4)14(20)15-8-11-6-7-12(21-11)13(18)19/h6-7,10H,5,8-9H2,1-4H3,(H,15,20)(H,18,19). The molecule has 0 aromatic carbocycles. The summed E-state index contributed by atoms with van der Waals surface area (Å²) in [5.74, 6) is -0.841. The molecule has 1 rings (SSSR count). The third kappa shape index (κ3) is 5.11. The molecule has 7 nitrogen and oxygen atoms in total. The van der Waals surface area contributed by atoms with Crippen molar-refractivity contribution >= 4 is 12.0 Å². The van der Waals surface area contributed by atoms with Gasteiger partial charge in [-0.2, -0.15) is 0 Å². The molecule has 0 spiro atoms. The number of nitrogens with one attached hydrogen (secondary N) is 1. The second kappa shape index (κ2) is 7.68. The summed E-state index contributed by atoms with van der Waals surface area (Å²) in [4.78, 5) is 26.6. The van der Waals surface area contributed by atoms with Gasteiger partial charge in [0.2, 0.25) is 5.76 Å². The first kappa shape index (κ1) is 17.0. The van der Waals surface area contributed by atoms with Gasteiger partial charge in [-0.25, -0.2) is 9.59 Å². The van der Waals surface area contributed by atoms with Crippen LogP contribution in [0.5, 0.6) is 0 Å². The first-order valence-corrected chi connectivity index (χ1v) is 6.86. The summed E-state index contributed by atoms with van der Waals surface area (Å²) in [5, 5.41) is 11.5. The Labute approximate surface area is 124 Å². The van der Waals surface area contributed by atoms with Gasteiger partial charge >= 0.3 is 12.0 Å². The fourth-order valence-corrected chi connectivity index (χ4v) is 2.13. The molecular formula is C14H23N3O4. The lowest BCUT2D eigenvalue weighted by molar-refractivity contribution is 0.0660. The number of hydrogen-bond acceptors (Lipinski definition) is 4. The molecule has 0 saturated heterocycles. The van der Waals surface area contributed by atoms with Crippen LogP contribution in [0.15, 0.2) is 16.5 Å². The number of urea groups is 1. The van der Waals surface area contributed by atoms with Crippen LogP contribution in [0, 0.1) is 0 Å². The van der Waals surface area contributed by atoms with Crippen LogP contribution in [0.2, 0.25) is 0 Å². The molecule has 2 N–H and O–H groups in total. The second-order valence-electron chi connectivity index (χ2n) is 5.13. The van der Waals surface area contributed by atoms with Crippen molar-refractivity contribution in [2.75, 3.05) is 27.2 Å². The molecule has 0 radical (unpaired) electrons. The molecule has 1 unspecified atom stereocenters. The maximum Gasteiger partial charge on any atom is 0.371 e. The fourth-order valence-electron chi connectivity index (χ4n) is 2.13. The van der Waals surface area contributed by atoms with Crippen LogP contribution in [-0.2, 0) is 6.54 Å². The molecule has 0 fully saturated rings. The molecule has 1 aromatic heterocycles. The summed E-state index contributed by atoms with van der Waals surface area (Å²) < 4.78 is 5.09. The van der Waals surface area contributed by atoms with Crippen molar-refractivity contribution in [2.45, 2.75) is 26.4 Å². The monoisotopic (exact) mass is 297 g/mol. The Hall–Kier alpha value is -2.02. The lowest BCUT2D eigenvalue weighted by Gasteiger charge is -2.30. The molecule has 0 aliphatic heterocycles. The quantitative estimate of drug-likeness (QED) is 0.795. The summed E-state index contributed by atoms with van der Waals surface area (Å²) in [6.07, 6.45) is 0. The van der Waals surface area contributed by atoms with Crippen LogP contribution in [0.1, 0.15) is 30.2 Å². The molecular weight excluding hydrogens is 274 g/mol. The Balaban J connectivity index is 2.55. The molecule has 2 amide bonds. The number of carboxylic acid groups (broad SMARTS) is 1. The number of nitrogens with zero attached hydrogens (tertiary/aromatic N) is 2. The first-order chi connectivity index (χ1) is 9.85. The normalized spacial score (nSPS) is 12.2. The highest BCUT2D eigenvalue weighted by molar-refractivity contribution is 5.84. The molecule has 0 bridgehead atoms. The molecule has 1 aromatic rings. The predicted octanol–water partition coefficient (Wildman–Crippen LogP) is 1.46. The van der Waals surface area contributed by atoms with Gasteiger partial charge in [-0.3, -0.25) is 0 Å². The zero-order valence-electron chi connectivity index (χ0n) is 12.9. The number of aromatic carboxylic acids is 1. The van der Waals surface area contributed by atoms with Crippen molar-refractivity contribution in [2.24, 2.45) is 0 Å². The van der Waals surface area contributed by atoms with E-state index >= 15 is 0 Å². The highest BCUT2D eigenvalue weighted by atomic mass is 16.4. The first-order valence-electron chi connectivity index (χ1n) is 6.86. The van der Waals surface area contributed by atoms with Crippen LogP contribution in [0.3, 0.4) is 0 Å². The summed E-state index contributed by atoms with van der Waals surface area (Å²) in [7, 11) is 3.91. The van der Waals surface area contributed by atoms with Crippen LogP contribution in [-0.4, -0.2) is 60.1 Å². The number of carboxylic acids is 1. The molecule has 7 heteroatoms. The lowest BCUT2D eigenvalue weighted by atomic mass is 10.3. The largest absolute Gasteiger partial charge is 0.475 e. The van der Waals surface area contributed by atoms with E-state index in [-0.39, 0.29) is 24.4 Å². The maximum atomic E-state index is 12.1. The Morgan fingerprint density at radius 3 is 2.52 bits per heavy atom. The summed E-state index contributed by atoms with van der Waals surface area (Å²) in [6, 6.07) is 2.80. The van der Waals surface area contributed by atoms with Crippen molar-refractivity contribution in [3.8, 4) is 0 Å². The van der Waals surface area contributed by atoms with E-state index < -0.39 is 5.97 Å². The second-order valence-corrected chi connectivity index (χ2v) is 5.13. The van der Waals surface area contributed by atoms with E-state index in [4.69, 9.17) is 9.52 Å². The molecule has 0 aliphatic carbocycles. The number of carbonyl (C=O) groups is 2. The van der Waals surface area contributed by atoms with Crippen molar-refractivity contribution in [3.63, 3.8) is 0 Å². The molecule has 21 heavy (non-hydrogen) atoms. The van der Waals surface area contributed by atoms with Gasteiger partial charge in [0.1, 0.15) is 5.76 Å². The smallest absolute Gasteiger partial charge is 0.371 e. The van der Waals surface area contributed by atoms with Gasteiger partial charge in [-0.1, -0.05) is 0 Å². The van der Waals surface area contributed by atoms with E-state index in [2.05, 4.69) is 5.32 Å². The van der Waals surface area contributed by atoms with Crippen molar-refractivity contribution in [3.05, 3.63) is 23.7 Å². The zero-order chi connectivity index (χ0) is 16.0. The molecule has 1 atom stereocenters. The van der Waals surface area contributed by atoms with E-state index in [1.165, 1.54) is 6.07 Å². The highest BCUT2D eigenvalue weighted by Gasteiger charge is 2.19. The number of likely N-dealkylation sites (N-methyl/N-ethyl adjacent to an activating group) is 2. The Morgan fingerprint density at radius 1 is 1.38 bits per heavy atom. The van der Waals surface area contributed by atoms with Crippen molar-refractivity contribution in [1.29, 1.82) is 0 Å². The van der Waals surface area contributed by atoms with Gasteiger partial charge < -0.3 is 24.6 Å². The van der Waals surface area contributed by atoms with Crippen molar-refractivity contribution < 1.29 is 19.1 Å². The van der Waals surface area contributed by atoms with Gasteiger partial charge in [0, 0.05) is 19.1 Å². The van der Waals surface area contributed by atoms with E-state index in [1.807, 2.05) is 32.8 Å². The average Bonchev–Trinajstić information content (AvgIpc) is 2.85. The topological polar surface area (TPSA) is 86.0 Å². The van der Waals surface area contributed by atoms with Gasteiger partial charge in [0.05, 0.1) is 6.54 Å².